The minimum atomic E-state index is -1.10. The highest BCUT2D eigenvalue weighted by atomic mass is 35.5. The Morgan fingerprint density at radius 2 is 1.84 bits per heavy atom. The fraction of sp³-hybridized carbons (Fsp3) is 0. The van der Waals surface area contributed by atoms with Gasteiger partial charge in [0, 0.05) is 10.6 Å². The number of hydrogen-bond acceptors (Lipinski definition) is 5. The molecule has 1 aromatic heterocycles. The highest BCUT2D eigenvalue weighted by Crippen LogP contribution is 2.27. The number of aromatic carboxylic acids is 1. The Balaban J connectivity index is 1.66. The second kappa shape index (κ2) is 8.17. The van der Waals surface area contributed by atoms with E-state index < -0.39 is 17.8 Å². The zero-order valence-electron chi connectivity index (χ0n) is 15.7. The second-order valence-electron chi connectivity index (χ2n) is 6.52. The van der Waals surface area contributed by atoms with Crippen LogP contribution in [0.3, 0.4) is 0 Å². The van der Waals surface area contributed by atoms with Gasteiger partial charge in [0.2, 0.25) is 0 Å². The smallest absolute Gasteiger partial charge is 0.335 e. The molecule has 4 rings (SSSR count). The summed E-state index contributed by atoms with van der Waals surface area (Å²) in [7, 11) is 0. The fourth-order valence-electron chi connectivity index (χ4n) is 3.01. The molecule has 0 aliphatic carbocycles. The first kappa shape index (κ1) is 20.5. The third-order valence-corrected chi connectivity index (χ3v) is 5.02. The average molecular weight is 453 g/mol. The largest absolute Gasteiger partial charge is 0.478 e. The molecule has 0 bridgehead atoms. The van der Waals surface area contributed by atoms with Gasteiger partial charge in [-0.1, -0.05) is 23.7 Å². The molecule has 0 radical (unpaired) electrons. The number of nitrogens with zero attached hydrogens (tertiary/aromatic N) is 1. The Kier molecular flexibility index (Phi) is 5.41. The first-order chi connectivity index (χ1) is 14.8. The Bertz CT molecular complexity index is 1260. The van der Waals surface area contributed by atoms with Crippen LogP contribution in [0, 0.1) is 0 Å². The monoisotopic (exact) mass is 452 g/mol. The lowest BCUT2D eigenvalue weighted by Gasteiger charge is -2.28. The number of nitrogens with one attached hydrogen (secondary N) is 1. The van der Waals surface area contributed by atoms with Crippen molar-refractivity contribution in [1.29, 1.82) is 0 Å². The maximum atomic E-state index is 13.0. The summed E-state index contributed by atoms with van der Waals surface area (Å²) in [6, 6.07) is 16.0. The molecule has 2 N–H and O–H groups in total. The van der Waals surface area contributed by atoms with Crippen molar-refractivity contribution in [3.05, 3.63) is 82.6 Å². The number of furan rings is 1. The molecule has 3 aromatic rings. The number of carbonyl (C=O) groups excluding carboxylic acids is 2. The van der Waals surface area contributed by atoms with Gasteiger partial charge in [0.05, 0.1) is 11.3 Å². The van der Waals surface area contributed by atoms with Crippen LogP contribution < -0.4 is 10.2 Å². The summed E-state index contributed by atoms with van der Waals surface area (Å²) < 4.78 is 5.75. The summed E-state index contributed by atoms with van der Waals surface area (Å²) in [5, 5.41) is 12.0. The van der Waals surface area contributed by atoms with Gasteiger partial charge in [-0.3, -0.25) is 19.8 Å². The third-order valence-electron chi connectivity index (χ3n) is 4.50. The van der Waals surface area contributed by atoms with Gasteiger partial charge in [0.1, 0.15) is 17.1 Å². The molecule has 2 aromatic carbocycles. The van der Waals surface area contributed by atoms with E-state index in [0.717, 1.165) is 10.5 Å². The first-order valence-electron chi connectivity index (χ1n) is 8.94. The molecule has 1 fully saturated rings. The second-order valence-corrected chi connectivity index (χ2v) is 7.35. The van der Waals surface area contributed by atoms with Crippen LogP contribution in [0.15, 0.2) is 70.7 Å². The summed E-state index contributed by atoms with van der Waals surface area (Å²) >= 11 is 11.1. The lowest BCUT2D eigenvalue weighted by molar-refractivity contribution is -0.122. The summed E-state index contributed by atoms with van der Waals surface area (Å²) in [5.74, 6) is -1.59. The van der Waals surface area contributed by atoms with Crippen molar-refractivity contribution in [3.63, 3.8) is 0 Å². The van der Waals surface area contributed by atoms with E-state index >= 15 is 0 Å². The van der Waals surface area contributed by atoms with Crippen LogP contribution in [0.5, 0.6) is 0 Å². The van der Waals surface area contributed by atoms with Gasteiger partial charge >= 0.3 is 5.97 Å². The van der Waals surface area contributed by atoms with Crippen molar-refractivity contribution in [1.82, 2.24) is 5.32 Å². The van der Waals surface area contributed by atoms with E-state index in [-0.39, 0.29) is 16.2 Å². The van der Waals surface area contributed by atoms with Crippen molar-refractivity contribution in [2.45, 2.75) is 0 Å². The number of carbonyl (C=O) groups is 3. The number of amides is 2. The lowest BCUT2D eigenvalue weighted by atomic mass is 10.1. The number of carboxylic acid groups (broad SMARTS) is 1. The summed E-state index contributed by atoms with van der Waals surface area (Å²) in [4.78, 5) is 37.6. The molecule has 2 amide bonds. The van der Waals surface area contributed by atoms with Crippen molar-refractivity contribution >= 4 is 58.5 Å². The number of hydrogen-bond donors (Lipinski definition) is 2. The Labute approximate surface area is 186 Å². The first-order valence-corrected chi connectivity index (χ1v) is 9.73. The summed E-state index contributed by atoms with van der Waals surface area (Å²) in [6.07, 6.45) is 1.33. The van der Waals surface area contributed by atoms with E-state index in [1.54, 1.807) is 30.3 Å². The highest BCUT2D eigenvalue weighted by Gasteiger charge is 2.34. The van der Waals surface area contributed by atoms with Gasteiger partial charge in [-0.2, -0.15) is 0 Å². The van der Waals surface area contributed by atoms with Crippen molar-refractivity contribution in [2.24, 2.45) is 0 Å². The van der Waals surface area contributed by atoms with Crippen molar-refractivity contribution < 1.29 is 23.9 Å². The van der Waals surface area contributed by atoms with E-state index in [2.05, 4.69) is 5.32 Å². The standard InChI is InChI=1S/C22H13ClN2O5S/c23-14-3-1-2-13(10-14)18-9-8-16(30-18)11-17-19(26)24-22(31)25(20(17)27)15-6-4-12(5-7-15)21(28)29/h1-11H,(H,28,29)(H,24,26,31)/b17-11+. The molecule has 2 heterocycles. The number of thiocarbonyl (C=S) groups is 1. The zero-order chi connectivity index (χ0) is 22.1. The molecule has 7 nitrogen and oxygen atoms in total. The molecule has 1 aliphatic heterocycles. The SMILES string of the molecule is O=C1NC(=S)N(c2ccc(C(=O)O)cc2)C(=O)/C1=C/c1ccc(-c2cccc(Cl)c2)o1. The lowest BCUT2D eigenvalue weighted by Crippen LogP contribution is -2.54. The molecule has 154 valence electrons. The molecule has 0 unspecified atom stereocenters. The average Bonchev–Trinajstić information content (AvgIpc) is 3.20. The molecule has 9 heteroatoms. The van der Waals surface area contributed by atoms with Gasteiger partial charge in [0.15, 0.2) is 5.11 Å². The predicted molar refractivity (Wildman–Crippen MR) is 119 cm³/mol. The zero-order valence-corrected chi connectivity index (χ0v) is 17.2. The van der Waals surface area contributed by atoms with E-state index in [1.807, 2.05) is 6.07 Å². The number of halogens is 1. The van der Waals surface area contributed by atoms with E-state index in [9.17, 15) is 14.4 Å². The minimum Gasteiger partial charge on any atom is -0.478 e. The maximum absolute atomic E-state index is 13.0. The van der Waals surface area contributed by atoms with Crippen LogP contribution in [-0.2, 0) is 9.59 Å². The van der Waals surface area contributed by atoms with Crippen LogP contribution in [0.1, 0.15) is 16.1 Å². The molecular weight excluding hydrogens is 440 g/mol. The quantitative estimate of drug-likeness (QED) is 0.351. The Hall–Kier alpha value is -3.75. The topological polar surface area (TPSA) is 99.9 Å². The molecule has 1 saturated heterocycles. The van der Waals surface area contributed by atoms with Crippen molar-refractivity contribution in [2.75, 3.05) is 4.90 Å². The third kappa shape index (κ3) is 4.11. The molecule has 31 heavy (non-hydrogen) atoms. The maximum Gasteiger partial charge on any atom is 0.335 e. The van der Waals surface area contributed by atoms with Gasteiger partial charge in [0.25, 0.3) is 11.8 Å². The van der Waals surface area contributed by atoms with Crippen LogP contribution in [0.25, 0.3) is 17.4 Å². The van der Waals surface area contributed by atoms with Crippen molar-refractivity contribution in [3.8, 4) is 11.3 Å². The predicted octanol–water partition coefficient (Wildman–Crippen LogP) is 4.13. The number of carboxylic acids is 1. The molecular formula is C22H13ClN2O5S. The number of rotatable bonds is 4. The Morgan fingerprint density at radius 3 is 2.52 bits per heavy atom. The minimum absolute atomic E-state index is 0.0584. The summed E-state index contributed by atoms with van der Waals surface area (Å²) in [5.41, 5.74) is 0.953. The van der Waals surface area contributed by atoms with E-state index in [4.69, 9.17) is 33.3 Å². The normalized spacial score (nSPS) is 15.3. The highest BCUT2D eigenvalue weighted by molar-refractivity contribution is 7.80. The van der Waals surface area contributed by atoms with Crippen LogP contribution in [0.2, 0.25) is 5.02 Å². The van der Waals surface area contributed by atoms with Crippen LogP contribution >= 0.6 is 23.8 Å². The molecule has 0 spiro atoms. The Morgan fingerprint density at radius 1 is 1.10 bits per heavy atom. The number of benzene rings is 2. The van der Waals surface area contributed by atoms with Gasteiger partial charge in [-0.15, -0.1) is 0 Å². The van der Waals surface area contributed by atoms with E-state index in [1.165, 1.54) is 30.3 Å². The van der Waals surface area contributed by atoms with Gasteiger partial charge in [-0.25, -0.2) is 4.79 Å². The van der Waals surface area contributed by atoms with E-state index in [0.29, 0.717) is 22.2 Å². The molecule has 0 saturated carbocycles. The van der Waals surface area contributed by atoms with Crippen LogP contribution in [0.4, 0.5) is 5.69 Å². The summed E-state index contributed by atoms with van der Waals surface area (Å²) in [6.45, 7) is 0. The van der Waals surface area contributed by atoms with Gasteiger partial charge < -0.3 is 9.52 Å². The molecule has 1 aliphatic rings. The molecule has 0 atom stereocenters. The number of anilines is 1. The van der Waals surface area contributed by atoms with Gasteiger partial charge in [-0.05, 0) is 66.8 Å². The van der Waals surface area contributed by atoms with Crippen LogP contribution in [-0.4, -0.2) is 28.0 Å². The fourth-order valence-corrected chi connectivity index (χ4v) is 3.49.